The van der Waals surface area contributed by atoms with Crippen molar-refractivity contribution in [3.8, 4) is 0 Å². The zero-order valence-electron chi connectivity index (χ0n) is 17.5. The van der Waals surface area contributed by atoms with Crippen molar-refractivity contribution in [1.82, 2.24) is 0 Å². The highest BCUT2D eigenvalue weighted by molar-refractivity contribution is 7.52. The van der Waals surface area contributed by atoms with Gasteiger partial charge in [0, 0.05) is 0 Å². The first-order chi connectivity index (χ1) is 12.1. The molecule has 0 amide bonds. The molecule has 1 saturated carbocycles. The summed E-state index contributed by atoms with van der Waals surface area (Å²) < 4.78 is 18.1. The van der Waals surface area contributed by atoms with E-state index in [2.05, 4.69) is 6.92 Å². The fraction of sp³-hybridized carbons (Fsp3) is 1.00. The molecule has 0 spiro atoms. The van der Waals surface area contributed by atoms with Crippen molar-refractivity contribution in [2.75, 3.05) is 27.7 Å². The van der Waals surface area contributed by atoms with Crippen molar-refractivity contribution in [1.29, 1.82) is 0 Å². The Kier molecular flexibility index (Phi) is 11.0. The maximum absolute atomic E-state index is 11.8. The Balaban J connectivity index is 2.24. The van der Waals surface area contributed by atoms with Gasteiger partial charge in [-0.05, 0) is 31.6 Å². The van der Waals surface area contributed by atoms with Gasteiger partial charge in [-0.15, -0.1) is 0 Å². The quantitative estimate of drug-likeness (QED) is 0.265. The van der Waals surface area contributed by atoms with E-state index in [1.54, 1.807) is 0 Å². The lowest BCUT2D eigenvalue weighted by molar-refractivity contribution is -0.872. The Labute approximate surface area is 161 Å². The lowest BCUT2D eigenvalue weighted by Gasteiger charge is -2.34. The Morgan fingerprint density at radius 2 is 1.50 bits per heavy atom. The predicted octanol–water partition coefficient (Wildman–Crippen LogP) is 4.91. The van der Waals surface area contributed by atoms with Crippen LogP contribution in [0.3, 0.4) is 0 Å². The van der Waals surface area contributed by atoms with Crippen molar-refractivity contribution in [3.05, 3.63) is 0 Å². The van der Waals surface area contributed by atoms with Crippen molar-refractivity contribution in [2.24, 2.45) is 5.92 Å². The number of likely N-dealkylation sites (N-methyl/N-ethyl adjacent to an activating group) is 1. The van der Waals surface area contributed by atoms with E-state index in [0.717, 1.165) is 31.6 Å². The molecule has 1 aliphatic rings. The van der Waals surface area contributed by atoms with Gasteiger partial charge in [-0.3, -0.25) is 4.57 Å². The van der Waals surface area contributed by atoms with E-state index in [9.17, 15) is 14.4 Å². The van der Waals surface area contributed by atoms with Gasteiger partial charge in [0.1, 0.15) is 6.54 Å². The smallest absolute Gasteiger partial charge is 0.357 e. The zero-order chi connectivity index (χ0) is 19.6. The number of hydrogen-bond acceptors (Lipinski definition) is 2. The van der Waals surface area contributed by atoms with Crippen LogP contribution < -0.4 is 0 Å². The van der Waals surface area contributed by atoms with Crippen LogP contribution >= 0.6 is 7.60 Å². The van der Waals surface area contributed by atoms with Gasteiger partial charge in [-0.2, -0.15) is 0 Å². The molecule has 2 N–H and O–H groups in total. The monoisotopic (exact) mass is 392 g/mol. The highest BCUT2D eigenvalue weighted by Crippen LogP contribution is 2.44. The Bertz CT molecular complexity index is 411. The van der Waals surface area contributed by atoms with Crippen molar-refractivity contribution >= 4 is 7.60 Å². The minimum atomic E-state index is -4.23. The first kappa shape index (κ1) is 24.1. The fourth-order valence-corrected chi connectivity index (χ4v) is 4.90. The van der Waals surface area contributed by atoms with Crippen LogP contribution in [-0.4, -0.2) is 53.9 Å². The van der Waals surface area contributed by atoms with Crippen LogP contribution in [0.1, 0.15) is 84.0 Å². The van der Waals surface area contributed by atoms with Gasteiger partial charge in [0.25, 0.3) is 0 Å². The molecule has 0 bridgehead atoms. The van der Waals surface area contributed by atoms with E-state index in [1.807, 2.05) is 21.1 Å². The third-order valence-corrected chi connectivity index (χ3v) is 6.47. The summed E-state index contributed by atoms with van der Waals surface area (Å²) in [4.78, 5) is 19.2. The topological polar surface area (TPSA) is 66.8 Å². The summed E-state index contributed by atoms with van der Waals surface area (Å²) >= 11 is 0. The molecule has 6 heteroatoms. The number of ether oxygens (including phenoxy) is 1. The van der Waals surface area contributed by atoms with Crippen molar-refractivity contribution in [2.45, 2.75) is 95.9 Å². The van der Waals surface area contributed by atoms with E-state index in [4.69, 9.17) is 4.74 Å². The Hall–Kier alpha value is 0.0700. The summed E-state index contributed by atoms with van der Waals surface area (Å²) in [5, 5.41) is 0. The highest BCUT2D eigenvalue weighted by atomic mass is 31.2. The SMILES string of the molecule is CCCCCCCCC[C@H]1CC[C@H](OC(C[N+](C)(C)C)P(=O)(O)O)CC1. The maximum Gasteiger partial charge on any atom is 0.359 e. The van der Waals surface area contributed by atoms with Gasteiger partial charge in [0.2, 0.25) is 5.85 Å². The Morgan fingerprint density at radius 3 is 2.00 bits per heavy atom. The third-order valence-electron chi connectivity index (χ3n) is 5.44. The second-order valence-corrected chi connectivity index (χ2v) is 11.0. The number of nitrogens with zero attached hydrogens (tertiary/aromatic N) is 1. The minimum absolute atomic E-state index is 0.00414. The number of hydrogen-bond donors (Lipinski definition) is 2. The van der Waals surface area contributed by atoms with E-state index in [0.29, 0.717) is 11.0 Å². The van der Waals surface area contributed by atoms with Crippen LogP contribution in [0.5, 0.6) is 0 Å². The minimum Gasteiger partial charge on any atom is -0.357 e. The summed E-state index contributed by atoms with van der Waals surface area (Å²) in [7, 11) is 1.58. The average molecular weight is 393 g/mol. The summed E-state index contributed by atoms with van der Waals surface area (Å²) in [6, 6.07) is 0. The van der Waals surface area contributed by atoms with Gasteiger partial charge in [0.15, 0.2) is 0 Å². The largest absolute Gasteiger partial charge is 0.359 e. The molecule has 26 heavy (non-hydrogen) atoms. The summed E-state index contributed by atoms with van der Waals surface area (Å²) in [6.07, 6.45) is 15.0. The van der Waals surface area contributed by atoms with Crippen LogP contribution in [0.4, 0.5) is 0 Å². The molecule has 0 heterocycles. The molecule has 0 aromatic carbocycles. The molecule has 0 aromatic rings. The predicted molar refractivity (Wildman–Crippen MR) is 108 cm³/mol. The first-order valence-corrected chi connectivity index (χ1v) is 12.3. The van der Waals surface area contributed by atoms with Crippen molar-refractivity contribution in [3.63, 3.8) is 0 Å². The molecule has 1 atom stereocenters. The lowest BCUT2D eigenvalue weighted by atomic mass is 9.84. The Morgan fingerprint density at radius 1 is 0.962 bits per heavy atom. The van der Waals surface area contributed by atoms with Gasteiger partial charge in [-0.25, -0.2) is 0 Å². The van der Waals surface area contributed by atoms with E-state index < -0.39 is 13.4 Å². The van der Waals surface area contributed by atoms with Crippen LogP contribution in [0.15, 0.2) is 0 Å². The van der Waals surface area contributed by atoms with E-state index in [-0.39, 0.29) is 6.10 Å². The molecule has 0 saturated heterocycles. The van der Waals surface area contributed by atoms with Gasteiger partial charge >= 0.3 is 7.60 Å². The standard InChI is InChI=1S/C20H42NO4P/c1-5-6-7-8-9-10-11-12-18-13-15-19(16-14-18)25-20(26(22,23)24)17-21(2,3)4/h18-20H,5-17H2,1-4H3,(H-,22,23,24)/p+1/t18-,19-,20?. The number of quaternary nitrogens is 1. The second kappa shape index (κ2) is 11.8. The molecule has 0 radical (unpaired) electrons. The van der Waals surface area contributed by atoms with Crippen LogP contribution in [0, 0.1) is 5.92 Å². The normalized spacial score (nSPS) is 23.2. The molecular formula is C20H43NO4P+. The molecule has 1 rings (SSSR count). The van der Waals surface area contributed by atoms with E-state index in [1.165, 1.54) is 51.4 Å². The highest BCUT2D eigenvalue weighted by Gasteiger charge is 2.37. The summed E-state index contributed by atoms with van der Waals surface area (Å²) in [5.74, 6) is -0.204. The molecule has 1 fully saturated rings. The van der Waals surface area contributed by atoms with Crippen LogP contribution in [0.25, 0.3) is 0 Å². The third kappa shape index (κ3) is 11.0. The van der Waals surface area contributed by atoms with Gasteiger partial charge in [0.05, 0.1) is 27.2 Å². The molecule has 5 nitrogen and oxygen atoms in total. The molecule has 156 valence electrons. The van der Waals surface area contributed by atoms with Crippen molar-refractivity contribution < 1.29 is 23.6 Å². The van der Waals surface area contributed by atoms with Crippen LogP contribution in [-0.2, 0) is 9.30 Å². The fourth-order valence-electron chi connectivity index (χ4n) is 3.87. The number of unbranched alkanes of at least 4 members (excludes halogenated alkanes) is 6. The molecule has 1 aliphatic carbocycles. The van der Waals surface area contributed by atoms with Crippen LogP contribution in [0.2, 0.25) is 0 Å². The van der Waals surface area contributed by atoms with Gasteiger partial charge < -0.3 is 19.0 Å². The number of rotatable bonds is 13. The maximum atomic E-state index is 11.8. The average Bonchev–Trinajstić information content (AvgIpc) is 2.53. The molecule has 0 aliphatic heterocycles. The van der Waals surface area contributed by atoms with Gasteiger partial charge in [-0.1, -0.05) is 58.3 Å². The summed E-state index contributed by atoms with van der Waals surface area (Å²) in [5.41, 5.74) is 0. The molecular weight excluding hydrogens is 349 g/mol. The second-order valence-electron chi connectivity index (χ2n) is 9.21. The summed E-state index contributed by atoms with van der Waals surface area (Å²) in [6.45, 7) is 2.59. The first-order valence-electron chi connectivity index (χ1n) is 10.6. The lowest BCUT2D eigenvalue weighted by Crippen LogP contribution is -2.43. The molecule has 0 aromatic heterocycles. The zero-order valence-corrected chi connectivity index (χ0v) is 18.4. The van der Waals surface area contributed by atoms with E-state index >= 15 is 0 Å². The molecule has 1 unspecified atom stereocenters.